The largest absolute Gasteiger partial charge is 0.394 e. The third-order valence-electron chi connectivity index (χ3n) is 3.46. The summed E-state index contributed by atoms with van der Waals surface area (Å²) in [5.74, 6) is 0. The Balaban J connectivity index is 2.34. The fourth-order valence-electron chi connectivity index (χ4n) is 2.31. The summed E-state index contributed by atoms with van der Waals surface area (Å²) in [6.07, 6.45) is 0.144. The lowest BCUT2D eigenvalue weighted by Gasteiger charge is -2.38. The second-order valence-electron chi connectivity index (χ2n) is 5.46. The molecule has 1 aliphatic heterocycles. The maximum atomic E-state index is 12.3. The summed E-state index contributed by atoms with van der Waals surface area (Å²) in [7, 11) is 1.23. The van der Waals surface area contributed by atoms with E-state index in [-0.39, 0.29) is 13.2 Å². The van der Waals surface area contributed by atoms with Crippen molar-refractivity contribution in [3.8, 4) is 0 Å². The summed E-state index contributed by atoms with van der Waals surface area (Å²) in [5, 5.41) is 9.36. The summed E-state index contributed by atoms with van der Waals surface area (Å²) >= 11 is 0. The molecule has 0 aromatic carbocycles. The van der Waals surface area contributed by atoms with Crippen LogP contribution in [-0.2, 0) is 9.30 Å². The standard InChI is InChI=1S/C12H21N4O5P/c1-8-4-16(12(19)13-11(8)18)10-6-15(22(20)14(2)3)5-9(7-17)21-10/h4,9-10,17,22H,5-7H2,1-3H3,(H,13,18,19). The van der Waals surface area contributed by atoms with E-state index in [1.165, 1.54) is 10.8 Å². The summed E-state index contributed by atoms with van der Waals surface area (Å²) in [4.78, 5) is 25.6. The number of ether oxygens (including phenoxy) is 1. The second-order valence-corrected chi connectivity index (χ2v) is 7.55. The molecular formula is C12H21N4O5P. The van der Waals surface area contributed by atoms with Crippen LogP contribution in [0.3, 0.4) is 0 Å². The molecule has 0 radical (unpaired) electrons. The van der Waals surface area contributed by atoms with Gasteiger partial charge in [0.2, 0.25) is 8.10 Å². The zero-order valence-electron chi connectivity index (χ0n) is 12.8. The van der Waals surface area contributed by atoms with Gasteiger partial charge < -0.3 is 9.84 Å². The molecule has 3 atom stereocenters. The highest BCUT2D eigenvalue weighted by atomic mass is 31.1. The average Bonchev–Trinajstić information content (AvgIpc) is 2.49. The fraction of sp³-hybridized carbons (Fsp3) is 0.667. The van der Waals surface area contributed by atoms with E-state index in [0.717, 1.165) is 0 Å². The first-order valence-electron chi connectivity index (χ1n) is 6.88. The van der Waals surface area contributed by atoms with Gasteiger partial charge in [-0.05, 0) is 21.0 Å². The summed E-state index contributed by atoms with van der Waals surface area (Å²) in [6, 6.07) is 0. The number of aromatic amines is 1. The van der Waals surface area contributed by atoms with Crippen LogP contribution in [0.5, 0.6) is 0 Å². The predicted octanol–water partition coefficient (Wildman–Crippen LogP) is -1.01. The molecule has 1 aromatic rings. The molecule has 124 valence electrons. The average molecular weight is 332 g/mol. The normalized spacial score (nSPS) is 24.6. The van der Waals surface area contributed by atoms with Gasteiger partial charge in [-0.1, -0.05) is 0 Å². The summed E-state index contributed by atoms with van der Waals surface area (Å²) in [6.45, 7) is 1.89. The Bertz CT molecular complexity index is 670. The number of nitrogens with zero attached hydrogens (tertiary/aromatic N) is 3. The molecule has 2 heterocycles. The third-order valence-corrected chi connectivity index (χ3v) is 5.13. The van der Waals surface area contributed by atoms with E-state index in [1.807, 2.05) is 0 Å². The minimum Gasteiger partial charge on any atom is -0.394 e. The zero-order chi connectivity index (χ0) is 16.4. The van der Waals surface area contributed by atoms with Gasteiger partial charge >= 0.3 is 5.69 Å². The van der Waals surface area contributed by atoms with Crippen molar-refractivity contribution in [3.05, 3.63) is 32.6 Å². The topological polar surface area (TPSA) is 108 Å². The van der Waals surface area contributed by atoms with E-state index in [1.54, 1.807) is 30.4 Å². The molecule has 10 heteroatoms. The van der Waals surface area contributed by atoms with Gasteiger partial charge in [-0.3, -0.25) is 18.9 Å². The minimum atomic E-state index is -2.18. The van der Waals surface area contributed by atoms with E-state index in [2.05, 4.69) is 4.98 Å². The molecule has 1 aromatic heterocycles. The van der Waals surface area contributed by atoms with Gasteiger partial charge in [0.25, 0.3) is 5.56 Å². The first-order chi connectivity index (χ1) is 10.3. The van der Waals surface area contributed by atoms with Crippen LogP contribution in [0.1, 0.15) is 11.8 Å². The molecule has 0 spiro atoms. The number of morpholine rings is 1. The monoisotopic (exact) mass is 332 g/mol. The molecule has 3 unspecified atom stereocenters. The van der Waals surface area contributed by atoms with Crippen molar-refractivity contribution < 1.29 is 14.4 Å². The molecule has 22 heavy (non-hydrogen) atoms. The van der Waals surface area contributed by atoms with Crippen LogP contribution >= 0.6 is 8.10 Å². The van der Waals surface area contributed by atoms with Crippen LogP contribution in [0.25, 0.3) is 0 Å². The Morgan fingerprint density at radius 3 is 2.73 bits per heavy atom. The number of nitrogens with one attached hydrogen (secondary N) is 1. The SMILES string of the molecule is Cc1cn(C2CN([PH](=O)N(C)C)CC(CO)O2)c(=O)[nH]c1=O. The first-order valence-corrected chi connectivity index (χ1v) is 8.18. The predicted molar refractivity (Wildman–Crippen MR) is 81.3 cm³/mol. The lowest BCUT2D eigenvalue weighted by molar-refractivity contribution is -0.119. The lowest BCUT2D eigenvalue weighted by atomic mass is 10.3. The molecule has 0 aliphatic carbocycles. The Labute approximate surface area is 128 Å². The van der Waals surface area contributed by atoms with Crippen LogP contribution in [0.15, 0.2) is 15.8 Å². The number of aliphatic hydroxyl groups excluding tert-OH is 1. The van der Waals surface area contributed by atoms with Crippen molar-refractivity contribution in [1.82, 2.24) is 18.9 Å². The maximum Gasteiger partial charge on any atom is 0.330 e. The van der Waals surface area contributed by atoms with Gasteiger partial charge in [0.1, 0.15) is 0 Å². The molecular weight excluding hydrogens is 311 g/mol. The third kappa shape index (κ3) is 3.56. The molecule has 9 nitrogen and oxygen atoms in total. The number of H-pyrrole nitrogens is 1. The quantitative estimate of drug-likeness (QED) is 0.680. The van der Waals surface area contributed by atoms with Gasteiger partial charge in [-0.2, -0.15) is 0 Å². The van der Waals surface area contributed by atoms with E-state index >= 15 is 0 Å². The van der Waals surface area contributed by atoms with E-state index in [0.29, 0.717) is 12.1 Å². The highest BCUT2D eigenvalue weighted by Gasteiger charge is 2.32. The van der Waals surface area contributed by atoms with Gasteiger partial charge in [0.05, 0.1) is 19.3 Å². The molecule has 1 saturated heterocycles. The molecule has 2 rings (SSSR count). The van der Waals surface area contributed by atoms with E-state index in [9.17, 15) is 19.3 Å². The van der Waals surface area contributed by atoms with Crippen molar-refractivity contribution in [1.29, 1.82) is 0 Å². The van der Waals surface area contributed by atoms with Crippen molar-refractivity contribution >= 4 is 8.10 Å². The van der Waals surface area contributed by atoms with Gasteiger partial charge in [-0.25, -0.2) is 14.1 Å². The molecule has 0 bridgehead atoms. The smallest absolute Gasteiger partial charge is 0.330 e. The van der Waals surface area contributed by atoms with Crippen LogP contribution in [0, 0.1) is 6.92 Å². The Morgan fingerprint density at radius 1 is 1.45 bits per heavy atom. The van der Waals surface area contributed by atoms with Crippen molar-refractivity contribution in [2.24, 2.45) is 0 Å². The fourth-order valence-corrected chi connectivity index (χ4v) is 3.55. The Hall–Kier alpha value is -1.25. The Morgan fingerprint density at radius 2 is 2.14 bits per heavy atom. The van der Waals surface area contributed by atoms with Gasteiger partial charge in [0.15, 0.2) is 6.23 Å². The van der Waals surface area contributed by atoms with Crippen molar-refractivity contribution in [2.75, 3.05) is 33.8 Å². The van der Waals surface area contributed by atoms with Crippen molar-refractivity contribution in [3.63, 3.8) is 0 Å². The van der Waals surface area contributed by atoms with E-state index in [4.69, 9.17) is 4.74 Å². The van der Waals surface area contributed by atoms with Crippen LogP contribution in [0.2, 0.25) is 0 Å². The zero-order valence-corrected chi connectivity index (χ0v) is 13.8. The molecule has 1 fully saturated rings. The molecule has 0 amide bonds. The summed E-state index contributed by atoms with van der Waals surface area (Å²) in [5.41, 5.74) is -0.667. The highest BCUT2D eigenvalue weighted by Crippen LogP contribution is 2.34. The number of aryl methyl sites for hydroxylation is 1. The number of aromatic nitrogens is 2. The lowest BCUT2D eigenvalue weighted by Crippen LogP contribution is -2.48. The summed E-state index contributed by atoms with van der Waals surface area (Å²) < 4.78 is 22.5. The Kier molecular flexibility index (Phi) is 5.36. The van der Waals surface area contributed by atoms with Gasteiger partial charge in [-0.15, -0.1) is 0 Å². The van der Waals surface area contributed by atoms with Crippen LogP contribution < -0.4 is 11.2 Å². The van der Waals surface area contributed by atoms with Gasteiger partial charge in [0, 0.05) is 18.3 Å². The number of hydrogen-bond acceptors (Lipinski definition) is 5. The molecule has 1 aliphatic rings. The number of rotatable bonds is 4. The maximum absolute atomic E-state index is 12.3. The number of aliphatic hydroxyl groups is 1. The highest BCUT2D eigenvalue weighted by molar-refractivity contribution is 7.39. The molecule has 2 N–H and O–H groups in total. The van der Waals surface area contributed by atoms with Crippen LogP contribution in [0.4, 0.5) is 0 Å². The number of hydrogen-bond donors (Lipinski definition) is 2. The molecule has 0 saturated carbocycles. The van der Waals surface area contributed by atoms with Crippen LogP contribution in [-0.4, -0.2) is 63.9 Å². The first kappa shape index (κ1) is 17.1. The minimum absolute atomic E-state index is 0.234. The van der Waals surface area contributed by atoms with Crippen molar-refractivity contribution in [2.45, 2.75) is 19.3 Å². The second kappa shape index (κ2) is 6.89. The van der Waals surface area contributed by atoms with E-state index < -0.39 is 31.7 Å².